The summed E-state index contributed by atoms with van der Waals surface area (Å²) in [5.41, 5.74) is 0. The fourth-order valence-electron chi connectivity index (χ4n) is 3.62. The quantitative estimate of drug-likeness (QED) is 0.669. The van der Waals surface area contributed by atoms with E-state index in [2.05, 4.69) is 24.1 Å². The van der Waals surface area contributed by atoms with E-state index < -0.39 is 0 Å². The molecule has 2 unspecified atom stereocenters. The molecule has 2 saturated carbocycles. The van der Waals surface area contributed by atoms with Crippen LogP contribution in [0.2, 0.25) is 0 Å². The van der Waals surface area contributed by atoms with Gasteiger partial charge in [-0.15, -0.1) is 0 Å². The van der Waals surface area contributed by atoms with E-state index in [0.29, 0.717) is 0 Å². The van der Waals surface area contributed by atoms with Crippen LogP contribution in [-0.4, -0.2) is 36.1 Å². The normalized spacial score (nSPS) is 28.6. The summed E-state index contributed by atoms with van der Waals surface area (Å²) >= 11 is 0. The molecule has 0 saturated heterocycles. The smallest absolute Gasteiger partial charge is 0.0252 e. The van der Waals surface area contributed by atoms with Gasteiger partial charge in [0.05, 0.1) is 0 Å². The Morgan fingerprint density at radius 1 is 0.947 bits per heavy atom. The number of rotatable bonds is 8. The maximum Gasteiger partial charge on any atom is 0.0252 e. The van der Waals surface area contributed by atoms with Crippen LogP contribution >= 0.6 is 0 Å². The van der Waals surface area contributed by atoms with Crippen molar-refractivity contribution in [3.63, 3.8) is 0 Å². The van der Waals surface area contributed by atoms with E-state index >= 15 is 0 Å². The first kappa shape index (κ1) is 15.3. The molecule has 2 rings (SSSR count). The average molecular weight is 266 g/mol. The lowest BCUT2D eigenvalue weighted by Gasteiger charge is -2.37. The van der Waals surface area contributed by atoms with E-state index in [-0.39, 0.29) is 0 Å². The molecule has 0 aliphatic heterocycles. The molecule has 2 nitrogen and oxygen atoms in total. The highest BCUT2D eigenvalue weighted by Crippen LogP contribution is 2.33. The van der Waals surface area contributed by atoms with Gasteiger partial charge < -0.3 is 5.32 Å². The highest BCUT2D eigenvalue weighted by atomic mass is 15.2. The van der Waals surface area contributed by atoms with Crippen molar-refractivity contribution in [2.75, 3.05) is 13.1 Å². The van der Waals surface area contributed by atoms with Crippen LogP contribution in [0.4, 0.5) is 0 Å². The number of hydrogen-bond acceptors (Lipinski definition) is 2. The van der Waals surface area contributed by atoms with Gasteiger partial charge in [0.25, 0.3) is 0 Å². The van der Waals surface area contributed by atoms with Crippen LogP contribution in [0.15, 0.2) is 0 Å². The van der Waals surface area contributed by atoms with Gasteiger partial charge in [0.1, 0.15) is 0 Å². The molecule has 0 amide bonds. The Hall–Kier alpha value is -0.0800. The Kier molecular flexibility index (Phi) is 6.66. The largest absolute Gasteiger partial charge is 0.312 e. The molecule has 1 N–H and O–H groups in total. The Balaban J connectivity index is 1.96. The Labute approximate surface area is 120 Å². The van der Waals surface area contributed by atoms with Crippen LogP contribution in [0.5, 0.6) is 0 Å². The zero-order chi connectivity index (χ0) is 13.5. The predicted molar refractivity (Wildman–Crippen MR) is 83.6 cm³/mol. The minimum absolute atomic E-state index is 0.764. The van der Waals surface area contributed by atoms with E-state index in [1.807, 2.05) is 0 Å². The standard InChI is InChI=1S/C17H34N2/c1-3-5-14-19(15-11-12-15)17-10-8-6-7-9-16(17)18-13-4-2/h15-18H,3-14H2,1-2H3. The van der Waals surface area contributed by atoms with Crippen molar-refractivity contribution < 1.29 is 0 Å². The van der Waals surface area contributed by atoms with Crippen LogP contribution < -0.4 is 5.32 Å². The highest BCUT2D eigenvalue weighted by molar-refractivity contribution is 4.94. The maximum absolute atomic E-state index is 3.86. The molecule has 2 aliphatic carbocycles. The molecular weight excluding hydrogens is 232 g/mol. The molecule has 19 heavy (non-hydrogen) atoms. The van der Waals surface area contributed by atoms with Crippen molar-refractivity contribution in [2.45, 2.75) is 96.2 Å². The molecule has 0 aromatic carbocycles. The third-order valence-electron chi connectivity index (χ3n) is 4.85. The van der Waals surface area contributed by atoms with Gasteiger partial charge in [0.15, 0.2) is 0 Å². The highest BCUT2D eigenvalue weighted by Gasteiger charge is 2.37. The summed E-state index contributed by atoms with van der Waals surface area (Å²) < 4.78 is 0. The van der Waals surface area contributed by atoms with Crippen LogP contribution in [0.25, 0.3) is 0 Å². The van der Waals surface area contributed by atoms with E-state index in [0.717, 1.165) is 18.1 Å². The molecule has 0 aromatic heterocycles. The Morgan fingerprint density at radius 2 is 1.74 bits per heavy atom. The Morgan fingerprint density at radius 3 is 2.42 bits per heavy atom. The van der Waals surface area contributed by atoms with Gasteiger partial charge in [-0.05, 0) is 51.6 Å². The fraction of sp³-hybridized carbons (Fsp3) is 1.00. The van der Waals surface area contributed by atoms with E-state index in [1.54, 1.807) is 0 Å². The van der Waals surface area contributed by atoms with Crippen molar-refractivity contribution >= 4 is 0 Å². The minimum atomic E-state index is 0.764. The lowest BCUT2D eigenvalue weighted by Crippen LogP contribution is -2.51. The zero-order valence-electron chi connectivity index (χ0n) is 13.2. The third-order valence-corrected chi connectivity index (χ3v) is 4.85. The molecule has 0 bridgehead atoms. The topological polar surface area (TPSA) is 15.3 Å². The lowest BCUT2D eigenvalue weighted by atomic mass is 10.00. The van der Waals surface area contributed by atoms with Gasteiger partial charge >= 0.3 is 0 Å². The average Bonchev–Trinajstić information content (AvgIpc) is 3.24. The van der Waals surface area contributed by atoms with E-state index in [1.165, 1.54) is 77.3 Å². The van der Waals surface area contributed by atoms with Gasteiger partial charge in [-0.1, -0.05) is 39.5 Å². The second-order valence-electron chi connectivity index (χ2n) is 6.59. The molecule has 0 spiro atoms. The molecule has 0 heterocycles. The first-order valence-electron chi connectivity index (χ1n) is 8.86. The van der Waals surface area contributed by atoms with Crippen LogP contribution in [-0.2, 0) is 0 Å². The number of hydrogen-bond donors (Lipinski definition) is 1. The van der Waals surface area contributed by atoms with Crippen molar-refractivity contribution in [1.82, 2.24) is 10.2 Å². The van der Waals surface area contributed by atoms with Gasteiger partial charge in [0, 0.05) is 18.1 Å². The molecule has 2 atom stereocenters. The number of unbranched alkanes of at least 4 members (excludes halogenated alkanes) is 1. The molecule has 112 valence electrons. The minimum Gasteiger partial charge on any atom is -0.312 e. The van der Waals surface area contributed by atoms with Crippen molar-refractivity contribution in [3.05, 3.63) is 0 Å². The lowest BCUT2D eigenvalue weighted by molar-refractivity contribution is 0.137. The third kappa shape index (κ3) is 4.75. The molecule has 2 heteroatoms. The maximum atomic E-state index is 3.86. The predicted octanol–water partition coefficient (Wildman–Crippen LogP) is 3.95. The van der Waals surface area contributed by atoms with Crippen molar-refractivity contribution in [1.29, 1.82) is 0 Å². The number of nitrogens with zero attached hydrogens (tertiary/aromatic N) is 1. The first-order valence-corrected chi connectivity index (χ1v) is 8.86. The summed E-state index contributed by atoms with van der Waals surface area (Å²) in [5, 5.41) is 3.86. The van der Waals surface area contributed by atoms with E-state index in [9.17, 15) is 0 Å². The monoisotopic (exact) mass is 266 g/mol. The summed E-state index contributed by atoms with van der Waals surface area (Å²) in [5.74, 6) is 0. The van der Waals surface area contributed by atoms with Crippen molar-refractivity contribution in [3.8, 4) is 0 Å². The SMILES string of the molecule is CCCCN(C1CC1)C1CCCCCC1NCCC. The molecule has 0 aromatic rings. The van der Waals surface area contributed by atoms with Crippen molar-refractivity contribution in [2.24, 2.45) is 0 Å². The second-order valence-corrected chi connectivity index (χ2v) is 6.59. The number of nitrogens with one attached hydrogen (secondary N) is 1. The van der Waals surface area contributed by atoms with Crippen LogP contribution in [0.3, 0.4) is 0 Å². The van der Waals surface area contributed by atoms with E-state index in [4.69, 9.17) is 0 Å². The summed E-state index contributed by atoms with van der Waals surface area (Å²) in [6.07, 6.45) is 14.1. The molecule has 2 aliphatic rings. The first-order chi connectivity index (χ1) is 9.36. The molecular formula is C17H34N2. The summed E-state index contributed by atoms with van der Waals surface area (Å²) in [7, 11) is 0. The van der Waals surface area contributed by atoms with Crippen LogP contribution in [0, 0.1) is 0 Å². The fourth-order valence-corrected chi connectivity index (χ4v) is 3.62. The summed E-state index contributed by atoms with van der Waals surface area (Å²) in [6.45, 7) is 7.16. The van der Waals surface area contributed by atoms with Gasteiger partial charge in [-0.2, -0.15) is 0 Å². The second kappa shape index (κ2) is 8.26. The van der Waals surface area contributed by atoms with Crippen LogP contribution in [0.1, 0.15) is 78.1 Å². The van der Waals surface area contributed by atoms with Gasteiger partial charge in [-0.3, -0.25) is 4.90 Å². The Bertz CT molecular complexity index is 237. The van der Waals surface area contributed by atoms with Gasteiger partial charge in [0.2, 0.25) is 0 Å². The molecule has 0 radical (unpaired) electrons. The molecule has 2 fully saturated rings. The summed E-state index contributed by atoms with van der Waals surface area (Å²) in [4.78, 5) is 2.89. The zero-order valence-corrected chi connectivity index (χ0v) is 13.2. The van der Waals surface area contributed by atoms with Gasteiger partial charge in [-0.25, -0.2) is 0 Å². The summed E-state index contributed by atoms with van der Waals surface area (Å²) in [6, 6.07) is 2.52.